The predicted molar refractivity (Wildman–Crippen MR) is 111 cm³/mol. The zero-order valence-electron chi connectivity index (χ0n) is 16.3. The lowest BCUT2D eigenvalue weighted by Crippen LogP contribution is -2.30. The number of rotatable bonds is 1. The maximum absolute atomic E-state index is 13.1. The summed E-state index contributed by atoms with van der Waals surface area (Å²) in [5.74, 6) is 0.136. The lowest BCUT2D eigenvalue weighted by molar-refractivity contribution is 0.0783. The number of nitrogens with zero attached hydrogens (tertiary/aromatic N) is 1. The Morgan fingerprint density at radius 2 is 1.33 bits per heavy atom. The summed E-state index contributed by atoms with van der Waals surface area (Å²) in [5.41, 5.74) is 1.74. The topological polar surface area (TPSA) is 88.6 Å². The Balaban J connectivity index is 1.41. The average molecular weight is 423 g/mol. The van der Waals surface area contributed by atoms with Gasteiger partial charge >= 0.3 is 0 Å². The lowest BCUT2D eigenvalue weighted by atomic mass is 9.83. The van der Waals surface area contributed by atoms with Crippen molar-refractivity contribution in [2.45, 2.75) is 12.8 Å². The molecule has 5 rings (SSSR count). The van der Waals surface area contributed by atoms with Crippen LogP contribution >= 0.6 is 0 Å². The number of fused-ring (bicyclic) bond motifs is 3. The number of hydrogen-bond acceptors (Lipinski definition) is 5. The highest BCUT2D eigenvalue weighted by Crippen LogP contribution is 2.34. The zero-order valence-corrected chi connectivity index (χ0v) is 17.2. The molecule has 6 nitrogen and oxygen atoms in total. The van der Waals surface area contributed by atoms with Gasteiger partial charge in [-0.2, -0.15) is 0 Å². The Labute approximate surface area is 174 Å². The Kier molecular flexibility index (Phi) is 4.39. The van der Waals surface area contributed by atoms with E-state index in [-0.39, 0.29) is 46.4 Å². The van der Waals surface area contributed by atoms with Crippen LogP contribution in [-0.4, -0.2) is 55.4 Å². The number of hydrogen-bond donors (Lipinski definition) is 0. The molecule has 154 valence electrons. The normalized spacial score (nSPS) is 24.6. The quantitative estimate of drug-likeness (QED) is 0.600. The number of benzene rings is 2. The van der Waals surface area contributed by atoms with Crippen LogP contribution in [0.1, 0.15) is 55.0 Å². The number of amides is 1. The van der Waals surface area contributed by atoms with Gasteiger partial charge in [0, 0.05) is 40.9 Å². The molecule has 0 radical (unpaired) electrons. The van der Waals surface area contributed by atoms with Crippen LogP contribution in [0, 0.1) is 11.8 Å². The molecule has 1 amide bonds. The maximum atomic E-state index is 13.1. The third-order valence-corrected chi connectivity index (χ3v) is 8.35. The first-order valence-electron chi connectivity index (χ1n) is 10.2. The predicted octanol–water partition coefficient (Wildman–Crippen LogP) is 2.36. The number of carbonyl (C=O) groups excluding carboxylic acids is 3. The van der Waals surface area contributed by atoms with Crippen molar-refractivity contribution in [3.05, 3.63) is 70.3 Å². The van der Waals surface area contributed by atoms with Crippen LogP contribution in [0.15, 0.2) is 42.5 Å². The van der Waals surface area contributed by atoms with Gasteiger partial charge in [-0.05, 0) is 42.9 Å². The highest BCUT2D eigenvalue weighted by atomic mass is 32.2. The van der Waals surface area contributed by atoms with Gasteiger partial charge < -0.3 is 4.90 Å². The Bertz CT molecular complexity index is 1180. The first kappa shape index (κ1) is 19.2. The van der Waals surface area contributed by atoms with Crippen molar-refractivity contribution in [2.75, 3.05) is 24.6 Å². The van der Waals surface area contributed by atoms with Gasteiger partial charge in [0.15, 0.2) is 11.6 Å². The number of ketones is 2. The lowest BCUT2D eigenvalue weighted by Gasteiger charge is -2.20. The smallest absolute Gasteiger partial charge is 0.253 e. The Hall–Kier alpha value is -2.80. The molecule has 3 aliphatic rings. The molecule has 30 heavy (non-hydrogen) atoms. The van der Waals surface area contributed by atoms with E-state index in [0.717, 1.165) is 0 Å². The molecule has 0 bridgehead atoms. The maximum Gasteiger partial charge on any atom is 0.253 e. The third kappa shape index (κ3) is 3.08. The van der Waals surface area contributed by atoms with Crippen molar-refractivity contribution in [1.82, 2.24) is 4.90 Å². The number of sulfone groups is 1. The molecule has 0 aromatic heterocycles. The van der Waals surface area contributed by atoms with Gasteiger partial charge in [0.25, 0.3) is 5.91 Å². The van der Waals surface area contributed by atoms with Gasteiger partial charge in [0.2, 0.25) is 0 Å². The summed E-state index contributed by atoms with van der Waals surface area (Å²) in [6, 6.07) is 11.4. The third-order valence-electron chi connectivity index (χ3n) is 6.64. The summed E-state index contributed by atoms with van der Waals surface area (Å²) in [6.45, 7) is 1.07. The minimum atomic E-state index is -2.97. The Morgan fingerprint density at radius 3 is 1.93 bits per heavy atom. The van der Waals surface area contributed by atoms with Crippen LogP contribution in [0.4, 0.5) is 0 Å². The molecule has 1 aliphatic carbocycles. The van der Waals surface area contributed by atoms with Crippen LogP contribution in [0.3, 0.4) is 0 Å². The van der Waals surface area contributed by atoms with E-state index in [2.05, 4.69) is 0 Å². The first-order chi connectivity index (χ1) is 14.3. The van der Waals surface area contributed by atoms with Crippen LogP contribution < -0.4 is 0 Å². The molecule has 0 spiro atoms. The van der Waals surface area contributed by atoms with Crippen LogP contribution in [0.25, 0.3) is 0 Å². The van der Waals surface area contributed by atoms with E-state index in [9.17, 15) is 22.8 Å². The van der Waals surface area contributed by atoms with Crippen molar-refractivity contribution in [2.24, 2.45) is 11.8 Å². The van der Waals surface area contributed by atoms with Gasteiger partial charge in [-0.15, -0.1) is 0 Å². The van der Waals surface area contributed by atoms with Crippen molar-refractivity contribution in [3.63, 3.8) is 0 Å². The van der Waals surface area contributed by atoms with E-state index in [0.29, 0.717) is 48.2 Å². The highest BCUT2D eigenvalue weighted by Gasteiger charge is 2.39. The largest absolute Gasteiger partial charge is 0.338 e. The molecule has 2 aromatic rings. The fraction of sp³-hybridized carbons (Fsp3) is 0.348. The average Bonchev–Trinajstić information content (AvgIpc) is 3.11. The summed E-state index contributed by atoms with van der Waals surface area (Å²) < 4.78 is 23.8. The monoisotopic (exact) mass is 423 g/mol. The molecule has 2 saturated heterocycles. The molecule has 2 atom stereocenters. The highest BCUT2D eigenvalue weighted by molar-refractivity contribution is 7.91. The molecule has 2 heterocycles. The number of carbonyl (C=O) groups is 3. The van der Waals surface area contributed by atoms with E-state index in [4.69, 9.17) is 0 Å². The fourth-order valence-corrected chi connectivity index (χ4v) is 6.47. The SMILES string of the molecule is O=C1c2ccccc2C(=O)c2cc(C(=O)N3CC4CCS(=O)(=O)CCC4C3)ccc21. The molecule has 2 unspecified atom stereocenters. The van der Waals surface area contributed by atoms with Crippen LogP contribution in [-0.2, 0) is 9.84 Å². The summed E-state index contributed by atoms with van der Waals surface area (Å²) in [7, 11) is -2.97. The van der Waals surface area contributed by atoms with Crippen LogP contribution in [0.2, 0.25) is 0 Å². The standard InChI is InChI=1S/C23H21NO5S/c25-21-17-3-1-2-4-18(17)22(26)20-11-14(5-6-19(20)21)23(27)24-12-15-7-9-30(28,29)10-8-16(15)13-24/h1-6,11,15-16H,7-10,12-13H2. The van der Waals surface area contributed by atoms with E-state index in [1.54, 1.807) is 41.3 Å². The minimum absolute atomic E-state index is 0.173. The van der Waals surface area contributed by atoms with Gasteiger partial charge in [-0.3, -0.25) is 14.4 Å². The molecular weight excluding hydrogens is 402 g/mol. The summed E-state index contributed by atoms with van der Waals surface area (Å²) >= 11 is 0. The second kappa shape index (κ2) is 6.87. The molecule has 2 aliphatic heterocycles. The van der Waals surface area contributed by atoms with Crippen molar-refractivity contribution < 1.29 is 22.8 Å². The van der Waals surface area contributed by atoms with E-state index in [1.165, 1.54) is 6.07 Å². The van der Waals surface area contributed by atoms with Crippen molar-refractivity contribution in [1.29, 1.82) is 0 Å². The van der Waals surface area contributed by atoms with E-state index >= 15 is 0 Å². The molecule has 7 heteroatoms. The van der Waals surface area contributed by atoms with Gasteiger partial charge in [-0.25, -0.2) is 8.42 Å². The summed E-state index contributed by atoms with van der Waals surface area (Å²) in [6.07, 6.45) is 1.18. The molecule has 0 saturated carbocycles. The second-order valence-corrected chi connectivity index (χ2v) is 10.7. The van der Waals surface area contributed by atoms with E-state index < -0.39 is 9.84 Å². The summed E-state index contributed by atoms with van der Waals surface area (Å²) in [5, 5.41) is 0. The van der Waals surface area contributed by atoms with Gasteiger partial charge in [0.1, 0.15) is 9.84 Å². The van der Waals surface area contributed by atoms with Gasteiger partial charge in [-0.1, -0.05) is 24.3 Å². The Morgan fingerprint density at radius 1 is 0.800 bits per heavy atom. The second-order valence-electron chi connectivity index (χ2n) is 8.42. The zero-order chi connectivity index (χ0) is 21.0. The molecule has 2 fully saturated rings. The van der Waals surface area contributed by atoms with Crippen molar-refractivity contribution >= 4 is 27.3 Å². The van der Waals surface area contributed by atoms with Gasteiger partial charge in [0.05, 0.1) is 11.5 Å². The number of likely N-dealkylation sites (tertiary alicyclic amines) is 1. The van der Waals surface area contributed by atoms with Crippen LogP contribution in [0.5, 0.6) is 0 Å². The summed E-state index contributed by atoms with van der Waals surface area (Å²) in [4.78, 5) is 40.6. The molecular formula is C23H21NO5S. The fourth-order valence-electron chi connectivity index (χ4n) is 4.94. The molecule has 0 N–H and O–H groups in total. The first-order valence-corrected chi connectivity index (χ1v) is 12.0. The molecule has 2 aromatic carbocycles. The van der Waals surface area contributed by atoms with Crippen molar-refractivity contribution in [3.8, 4) is 0 Å². The van der Waals surface area contributed by atoms with E-state index in [1.807, 2.05) is 0 Å². The minimum Gasteiger partial charge on any atom is -0.338 e.